The van der Waals surface area contributed by atoms with Crippen molar-refractivity contribution < 1.29 is 8.42 Å². The molecule has 1 unspecified atom stereocenters. The van der Waals surface area contributed by atoms with Gasteiger partial charge in [-0.2, -0.15) is 0 Å². The normalized spacial score (nSPS) is 13.3. The van der Waals surface area contributed by atoms with E-state index >= 15 is 0 Å². The minimum Gasteiger partial charge on any atom is -0.398 e. The van der Waals surface area contributed by atoms with E-state index in [1.54, 1.807) is 6.92 Å². The van der Waals surface area contributed by atoms with Crippen LogP contribution < -0.4 is 10.5 Å². The highest BCUT2D eigenvalue weighted by Gasteiger charge is 2.24. The molecule has 0 saturated heterocycles. The minimum absolute atomic E-state index is 0.00706. The first-order valence-electron chi connectivity index (χ1n) is 5.89. The third kappa shape index (κ3) is 3.75. The van der Waals surface area contributed by atoms with Gasteiger partial charge in [-0.05, 0) is 41.9 Å². The topological polar surface area (TPSA) is 85.1 Å². The molecule has 9 heteroatoms. The number of nitrogens with zero attached hydrogens (tertiary/aromatic N) is 1. The first kappa shape index (κ1) is 16.7. The second-order valence-electron chi connectivity index (χ2n) is 4.48. The van der Waals surface area contributed by atoms with Gasteiger partial charge in [0.05, 0.1) is 15.4 Å². The lowest BCUT2D eigenvalue weighted by Gasteiger charge is -2.14. The summed E-state index contributed by atoms with van der Waals surface area (Å²) in [5.74, 6) is 0. The number of halogens is 2. The Morgan fingerprint density at radius 2 is 2.14 bits per heavy atom. The van der Waals surface area contributed by atoms with Crippen LogP contribution in [0.1, 0.15) is 23.7 Å². The molecular weight excluding hydrogens is 398 g/mol. The van der Waals surface area contributed by atoms with E-state index in [4.69, 9.17) is 17.3 Å². The van der Waals surface area contributed by atoms with Crippen molar-refractivity contribution in [1.82, 2.24) is 9.71 Å². The number of anilines is 1. The number of benzene rings is 1. The third-order valence-electron chi connectivity index (χ3n) is 2.66. The van der Waals surface area contributed by atoms with E-state index in [0.717, 1.165) is 5.69 Å². The van der Waals surface area contributed by atoms with Gasteiger partial charge in [0.25, 0.3) is 0 Å². The van der Waals surface area contributed by atoms with E-state index in [9.17, 15) is 8.42 Å². The van der Waals surface area contributed by atoms with Gasteiger partial charge in [-0.3, -0.25) is 0 Å². The SMILES string of the molecule is Cc1csc(C(C)NS(=O)(=O)c2cc(Cl)cc(N)c2Br)n1. The highest BCUT2D eigenvalue weighted by atomic mass is 79.9. The molecule has 1 heterocycles. The Hall–Kier alpha value is -0.670. The lowest BCUT2D eigenvalue weighted by Crippen LogP contribution is -2.27. The maximum absolute atomic E-state index is 12.5. The molecule has 1 atom stereocenters. The summed E-state index contributed by atoms with van der Waals surface area (Å²) in [7, 11) is -3.77. The van der Waals surface area contributed by atoms with Crippen molar-refractivity contribution in [3.05, 3.63) is 37.7 Å². The van der Waals surface area contributed by atoms with Crippen LogP contribution in [0, 0.1) is 6.92 Å². The summed E-state index contributed by atoms with van der Waals surface area (Å²) in [4.78, 5) is 4.28. The van der Waals surface area contributed by atoms with Crippen LogP contribution in [0.4, 0.5) is 5.69 Å². The first-order chi connectivity index (χ1) is 9.70. The Kier molecular flexibility index (Phi) is 4.94. The van der Waals surface area contributed by atoms with Crippen molar-refractivity contribution in [2.24, 2.45) is 0 Å². The van der Waals surface area contributed by atoms with E-state index in [2.05, 4.69) is 25.6 Å². The zero-order valence-corrected chi connectivity index (χ0v) is 15.2. The third-order valence-corrected chi connectivity index (χ3v) is 6.74. The van der Waals surface area contributed by atoms with E-state index in [0.29, 0.717) is 9.48 Å². The number of nitrogen functional groups attached to an aromatic ring is 1. The Balaban J connectivity index is 2.35. The van der Waals surface area contributed by atoms with Gasteiger partial charge < -0.3 is 5.73 Å². The number of aryl methyl sites for hydroxylation is 1. The molecule has 1 aromatic carbocycles. The predicted molar refractivity (Wildman–Crippen MR) is 89.2 cm³/mol. The molecular formula is C12H13BrClN3O2S2. The number of hydrogen-bond acceptors (Lipinski definition) is 5. The summed E-state index contributed by atoms with van der Waals surface area (Å²) in [5, 5.41) is 2.82. The number of nitrogens with one attached hydrogen (secondary N) is 1. The molecule has 2 rings (SSSR count). The smallest absolute Gasteiger partial charge is 0.242 e. The molecule has 0 fully saturated rings. The second kappa shape index (κ2) is 6.21. The van der Waals surface area contributed by atoms with Crippen LogP contribution in [-0.2, 0) is 10.0 Å². The molecule has 0 aliphatic carbocycles. The Morgan fingerprint density at radius 3 is 2.71 bits per heavy atom. The van der Waals surface area contributed by atoms with Crippen LogP contribution >= 0.6 is 38.9 Å². The van der Waals surface area contributed by atoms with Gasteiger partial charge in [0, 0.05) is 21.8 Å². The number of rotatable bonds is 4. The molecule has 0 saturated carbocycles. The number of aromatic nitrogens is 1. The van der Waals surface area contributed by atoms with Crippen molar-refractivity contribution in [2.45, 2.75) is 24.8 Å². The highest BCUT2D eigenvalue weighted by molar-refractivity contribution is 9.10. The number of sulfonamides is 1. The molecule has 0 aliphatic heterocycles. The molecule has 3 N–H and O–H groups in total. The molecule has 1 aromatic heterocycles. The zero-order chi connectivity index (χ0) is 15.8. The molecule has 0 amide bonds. The largest absolute Gasteiger partial charge is 0.398 e. The van der Waals surface area contributed by atoms with Gasteiger partial charge in [-0.15, -0.1) is 11.3 Å². The fourth-order valence-electron chi connectivity index (χ4n) is 1.70. The maximum atomic E-state index is 12.5. The minimum atomic E-state index is -3.77. The van der Waals surface area contributed by atoms with E-state index in [-0.39, 0.29) is 15.6 Å². The monoisotopic (exact) mass is 409 g/mol. The molecule has 0 radical (unpaired) electrons. The molecule has 114 valence electrons. The van der Waals surface area contributed by atoms with Crippen LogP contribution in [0.2, 0.25) is 5.02 Å². The highest BCUT2D eigenvalue weighted by Crippen LogP contribution is 2.32. The average molecular weight is 411 g/mol. The van der Waals surface area contributed by atoms with Crippen LogP contribution in [0.5, 0.6) is 0 Å². The zero-order valence-electron chi connectivity index (χ0n) is 11.2. The Bertz CT molecular complexity index is 777. The van der Waals surface area contributed by atoms with Gasteiger partial charge in [0.2, 0.25) is 10.0 Å². The van der Waals surface area contributed by atoms with E-state index in [1.165, 1.54) is 23.5 Å². The van der Waals surface area contributed by atoms with Gasteiger partial charge in [-0.25, -0.2) is 18.1 Å². The molecule has 0 bridgehead atoms. The maximum Gasteiger partial charge on any atom is 0.242 e. The van der Waals surface area contributed by atoms with Gasteiger partial charge in [-0.1, -0.05) is 11.6 Å². The Morgan fingerprint density at radius 1 is 1.48 bits per heavy atom. The van der Waals surface area contributed by atoms with Gasteiger partial charge in [0.15, 0.2) is 0 Å². The number of thiazole rings is 1. The quantitative estimate of drug-likeness (QED) is 0.756. The van der Waals surface area contributed by atoms with Crippen LogP contribution in [0.3, 0.4) is 0 Å². The summed E-state index contributed by atoms with van der Waals surface area (Å²) >= 11 is 10.5. The summed E-state index contributed by atoms with van der Waals surface area (Å²) in [6.07, 6.45) is 0. The molecule has 0 spiro atoms. The molecule has 5 nitrogen and oxygen atoms in total. The summed E-state index contributed by atoms with van der Waals surface area (Å²) < 4.78 is 27.8. The van der Waals surface area contributed by atoms with Crippen LogP contribution in [-0.4, -0.2) is 13.4 Å². The Labute approximate surface area is 140 Å². The van der Waals surface area contributed by atoms with Crippen molar-refractivity contribution >= 4 is 54.6 Å². The van der Waals surface area contributed by atoms with Crippen molar-refractivity contribution in [1.29, 1.82) is 0 Å². The summed E-state index contributed by atoms with van der Waals surface area (Å²) in [6, 6.07) is 2.39. The fraction of sp³-hybridized carbons (Fsp3) is 0.250. The standard InChI is InChI=1S/C12H13BrClN3O2S2/c1-6-5-20-12(16-6)7(2)17-21(18,19)10-4-8(14)3-9(15)11(10)13/h3-5,7,17H,15H2,1-2H3. The first-order valence-corrected chi connectivity index (χ1v) is 9.43. The van der Waals surface area contributed by atoms with Gasteiger partial charge >= 0.3 is 0 Å². The van der Waals surface area contributed by atoms with Crippen LogP contribution in [0.15, 0.2) is 26.9 Å². The van der Waals surface area contributed by atoms with Crippen molar-refractivity contribution in [3.63, 3.8) is 0 Å². The number of nitrogens with two attached hydrogens (primary N) is 1. The number of hydrogen-bond donors (Lipinski definition) is 2. The second-order valence-corrected chi connectivity index (χ2v) is 8.28. The molecule has 21 heavy (non-hydrogen) atoms. The molecule has 2 aromatic rings. The van der Waals surface area contributed by atoms with Crippen LogP contribution in [0.25, 0.3) is 0 Å². The van der Waals surface area contributed by atoms with E-state index < -0.39 is 16.1 Å². The van der Waals surface area contributed by atoms with Crippen molar-refractivity contribution in [3.8, 4) is 0 Å². The van der Waals surface area contributed by atoms with Crippen molar-refractivity contribution in [2.75, 3.05) is 5.73 Å². The molecule has 0 aliphatic rings. The predicted octanol–water partition coefficient (Wildman–Crippen LogP) is 3.49. The summed E-state index contributed by atoms with van der Waals surface area (Å²) in [5.41, 5.74) is 6.85. The lowest BCUT2D eigenvalue weighted by molar-refractivity contribution is 0.565. The lowest BCUT2D eigenvalue weighted by atomic mass is 10.3. The average Bonchev–Trinajstić information content (AvgIpc) is 2.80. The summed E-state index contributed by atoms with van der Waals surface area (Å²) in [6.45, 7) is 3.59. The fourth-order valence-corrected chi connectivity index (χ4v) is 5.08. The van der Waals surface area contributed by atoms with Gasteiger partial charge in [0.1, 0.15) is 5.01 Å². The van der Waals surface area contributed by atoms with E-state index in [1.807, 2.05) is 12.3 Å².